The van der Waals surface area contributed by atoms with Gasteiger partial charge in [-0.15, -0.1) is 0 Å². The first-order chi connectivity index (χ1) is 12.7. The summed E-state index contributed by atoms with van der Waals surface area (Å²) in [6.45, 7) is 0. The molecule has 0 heterocycles. The van der Waals surface area contributed by atoms with Gasteiger partial charge in [0.1, 0.15) is 19.9 Å². The van der Waals surface area contributed by atoms with E-state index in [2.05, 4.69) is 16.4 Å². The number of nitriles is 1. The van der Waals surface area contributed by atoms with Gasteiger partial charge in [0.05, 0.1) is 18.7 Å². The van der Waals surface area contributed by atoms with Gasteiger partial charge < -0.3 is 14.4 Å². The summed E-state index contributed by atoms with van der Waals surface area (Å²) < 4.78 is 4.79. The Hall–Kier alpha value is -3.66. The quantitative estimate of drug-likeness (QED) is 0.453. The highest BCUT2D eigenvalue weighted by Gasteiger charge is 2.22. The molecule has 26 heavy (non-hydrogen) atoms. The molecule has 0 aliphatic carbocycles. The van der Waals surface area contributed by atoms with Gasteiger partial charge in [-0.05, 0) is 12.1 Å². The van der Waals surface area contributed by atoms with E-state index in [4.69, 9.17) is 19.7 Å². The Bertz CT molecular complexity index is 898. The van der Waals surface area contributed by atoms with Crippen molar-refractivity contribution in [3.05, 3.63) is 70.8 Å². The molecular formula is C19H17N3O4. The molecule has 0 bridgehead atoms. The van der Waals surface area contributed by atoms with Gasteiger partial charge in [0.2, 0.25) is 0 Å². The smallest absolute Gasteiger partial charge is 0.360 e. The molecular weight excluding hydrogens is 334 g/mol. The maximum atomic E-state index is 12.1. The molecule has 0 N–H and O–H groups in total. The predicted octanol–water partition coefficient (Wildman–Crippen LogP) is 2.48. The van der Waals surface area contributed by atoms with E-state index in [1.165, 1.54) is 21.3 Å². The van der Waals surface area contributed by atoms with Crippen molar-refractivity contribution in [1.29, 1.82) is 5.26 Å². The Morgan fingerprint density at radius 3 is 2.27 bits per heavy atom. The van der Waals surface area contributed by atoms with Gasteiger partial charge in [-0.1, -0.05) is 46.7 Å². The second-order valence-electron chi connectivity index (χ2n) is 4.97. The summed E-state index contributed by atoms with van der Waals surface area (Å²) in [5.74, 6) is -0.651. The Morgan fingerprint density at radius 1 is 0.962 bits per heavy atom. The van der Waals surface area contributed by atoms with E-state index in [1.807, 2.05) is 0 Å². The van der Waals surface area contributed by atoms with Crippen LogP contribution in [-0.4, -0.2) is 38.7 Å². The third kappa shape index (κ3) is 4.05. The number of methoxy groups -OCH3 is 1. The number of ether oxygens (including phenoxy) is 1. The SMILES string of the molecule is CON=C(C(=O)OC)c1ccccc1C(=NOC)c1cccc(C#N)c1. The number of carbonyl (C=O) groups is 1. The minimum atomic E-state index is -0.651. The fourth-order valence-corrected chi connectivity index (χ4v) is 2.37. The first-order valence-electron chi connectivity index (χ1n) is 7.57. The van der Waals surface area contributed by atoms with E-state index >= 15 is 0 Å². The average Bonchev–Trinajstić information content (AvgIpc) is 2.70. The van der Waals surface area contributed by atoms with Crippen molar-refractivity contribution in [2.45, 2.75) is 0 Å². The summed E-state index contributed by atoms with van der Waals surface area (Å²) in [5, 5.41) is 17.0. The Labute approximate surface area is 151 Å². The molecule has 0 aliphatic heterocycles. The number of rotatable bonds is 6. The fraction of sp³-hybridized carbons (Fsp3) is 0.158. The number of benzene rings is 2. The van der Waals surface area contributed by atoms with Gasteiger partial charge in [-0.2, -0.15) is 5.26 Å². The molecule has 7 nitrogen and oxygen atoms in total. The van der Waals surface area contributed by atoms with Crippen molar-refractivity contribution < 1.29 is 19.2 Å². The summed E-state index contributed by atoms with van der Waals surface area (Å²) >= 11 is 0. The van der Waals surface area contributed by atoms with Gasteiger partial charge in [0, 0.05) is 16.7 Å². The molecule has 0 radical (unpaired) electrons. The lowest BCUT2D eigenvalue weighted by molar-refractivity contribution is -0.132. The molecule has 0 saturated heterocycles. The Kier molecular flexibility index (Phi) is 6.46. The summed E-state index contributed by atoms with van der Waals surface area (Å²) in [7, 11) is 4.02. The first-order valence-corrected chi connectivity index (χ1v) is 7.57. The zero-order valence-electron chi connectivity index (χ0n) is 14.6. The minimum absolute atomic E-state index is 0.00848. The highest BCUT2D eigenvalue weighted by molar-refractivity contribution is 6.44. The summed E-state index contributed by atoms with van der Waals surface area (Å²) in [5.41, 5.74) is 2.59. The summed E-state index contributed by atoms with van der Waals surface area (Å²) in [6, 6.07) is 16.0. The molecule has 2 rings (SSSR count). The van der Waals surface area contributed by atoms with Gasteiger partial charge in [0.15, 0.2) is 5.71 Å². The molecule has 0 spiro atoms. The van der Waals surface area contributed by atoms with Gasteiger partial charge in [-0.3, -0.25) is 0 Å². The topological polar surface area (TPSA) is 93.3 Å². The average molecular weight is 351 g/mol. The lowest BCUT2D eigenvalue weighted by Crippen LogP contribution is -2.21. The molecule has 7 heteroatoms. The van der Waals surface area contributed by atoms with Crippen molar-refractivity contribution in [3.63, 3.8) is 0 Å². The van der Waals surface area contributed by atoms with Gasteiger partial charge in [-0.25, -0.2) is 4.79 Å². The maximum Gasteiger partial charge on any atom is 0.360 e. The Morgan fingerprint density at radius 2 is 1.65 bits per heavy atom. The molecule has 0 aliphatic rings. The number of carbonyl (C=O) groups excluding carboxylic acids is 1. The maximum absolute atomic E-state index is 12.1. The van der Waals surface area contributed by atoms with E-state index in [1.54, 1.807) is 48.5 Å². The van der Waals surface area contributed by atoms with Gasteiger partial charge in [0.25, 0.3) is 0 Å². The van der Waals surface area contributed by atoms with Crippen LogP contribution in [0, 0.1) is 11.3 Å². The second-order valence-corrected chi connectivity index (χ2v) is 4.97. The molecule has 0 saturated carbocycles. The number of hydrogen-bond donors (Lipinski definition) is 0. The third-order valence-corrected chi connectivity index (χ3v) is 3.45. The van der Waals surface area contributed by atoms with Crippen LogP contribution in [0.15, 0.2) is 58.8 Å². The van der Waals surface area contributed by atoms with Crippen LogP contribution in [-0.2, 0) is 19.2 Å². The van der Waals surface area contributed by atoms with Crippen LogP contribution in [0.1, 0.15) is 22.3 Å². The van der Waals surface area contributed by atoms with Crippen molar-refractivity contribution in [1.82, 2.24) is 0 Å². The summed E-state index contributed by atoms with van der Waals surface area (Å²) in [4.78, 5) is 21.9. The predicted molar refractivity (Wildman–Crippen MR) is 95.8 cm³/mol. The van der Waals surface area contributed by atoms with E-state index < -0.39 is 5.97 Å². The normalized spacial score (nSPS) is 11.5. The fourth-order valence-electron chi connectivity index (χ4n) is 2.37. The van der Waals surface area contributed by atoms with E-state index in [-0.39, 0.29) is 5.71 Å². The standard InChI is InChI=1S/C19H17N3O4/c1-24-19(23)18(22-26-3)16-10-5-4-9-15(16)17(21-25-2)14-8-6-7-13(11-14)12-20/h4-11H,1-3H3. The number of esters is 1. The lowest BCUT2D eigenvalue weighted by Gasteiger charge is -2.12. The molecule has 0 amide bonds. The van der Waals surface area contributed by atoms with Gasteiger partial charge >= 0.3 is 5.97 Å². The Balaban J connectivity index is 2.68. The molecule has 0 unspecified atom stereocenters. The van der Waals surface area contributed by atoms with Crippen molar-refractivity contribution in [2.24, 2.45) is 10.3 Å². The highest BCUT2D eigenvalue weighted by atomic mass is 16.6. The minimum Gasteiger partial charge on any atom is -0.464 e. The zero-order valence-corrected chi connectivity index (χ0v) is 14.6. The second kappa shape index (κ2) is 8.99. The molecule has 132 valence electrons. The van der Waals surface area contributed by atoms with Crippen LogP contribution in [0.3, 0.4) is 0 Å². The van der Waals surface area contributed by atoms with Crippen LogP contribution < -0.4 is 0 Å². The van der Waals surface area contributed by atoms with Crippen LogP contribution in [0.2, 0.25) is 0 Å². The first kappa shape index (κ1) is 18.7. The summed E-state index contributed by atoms with van der Waals surface area (Å²) in [6.07, 6.45) is 0. The van der Waals surface area contributed by atoms with E-state index in [0.717, 1.165) is 0 Å². The molecule has 2 aromatic rings. The van der Waals surface area contributed by atoms with Crippen LogP contribution in [0.4, 0.5) is 0 Å². The van der Waals surface area contributed by atoms with Crippen molar-refractivity contribution >= 4 is 17.4 Å². The molecule has 0 atom stereocenters. The van der Waals surface area contributed by atoms with Crippen molar-refractivity contribution in [3.8, 4) is 6.07 Å². The third-order valence-electron chi connectivity index (χ3n) is 3.45. The number of hydrogen-bond acceptors (Lipinski definition) is 7. The van der Waals surface area contributed by atoms with Crippen LogP contribution in [0.25, 0.3) is 0 Å². The van der Waals surface area contributed by atoms with Crippen LogP contribution >= 0.6 is 0 Å². The van der Waals surface area contributed by atoms with E-state index in [9.17, 15) is 4.79 Å². The van der Waals surface area contributed by atoms with E-state index in [0.29, 0.717) is 28.0 Å². The zero-order chi connectivity index (χ0) is 18.9. The van der Waals surface area contributed by atoms with Crippen molar-refractivity contribution in [2.75, 3.05) is 21.3 Å². The lowest BCUT2D eigenvalue weighted by atomic mass is 9.94. The molecule has 2 aromatic carbocycles. The van der Waals surface area contributed by atoms with Crippen LogP contribution in [0.5, 0.6) is 0 Å². The molecule has 0 aromatic heterocycles. The highest BCUT2D eigenvalue weighted by Crippen LogP contribution is 2.19. The number of nitrogens with zero attached hydrogens (tertiary/aromatic N) is 3. The number of oxime groups is 2. The largest absolute Gasteiger partial charge is 0.464 e. The monoisotopic (exact) mass is 351 g/mol. The molecule has 0 fully saturated rings.